The van der Waals surface area contributed by atoms with E-state index in [1.165, 1.54) is 11.3 Å². The van der Waals surface area contributed by atoms with Crippen LogP contribution in [0.5, 0.6) is 0 Å². The molecule has 0 radical (unpaired) electrons. The van der Waals surface area contributed by atoms with Crippen molar-refractivity contribution in [2.24, 2.45) is 0 Å². The molecule has 1 aromatic carbocycles. The Bertz CT molecular complexity index is 588. The van der Waals surface area contributed by atoms with Gasteiger partial charge < -0.3 is 10.2 Å². The van der Waals surface area contributed by atoms with E-state index in [1.54, 1.807) is 0 Å². The van der Waals surface area contributed by atoms with Gasteiger partial charge >= 0.3 is 0 Å². The van der Waals surface area contributed by atoms with Crippen LogP contribution in [0.25, 0.3) is 11.4 Å². The fraction of sp³-hybridized carbons (Fsp3) is 0.375. The van der Waals surface area contributed by atoms with Crippen LogP contribution in [0.3, 0.4) is 0 Å². The van der Waals surface area contributed by atoms with Crippen molar-refractivity contribution in [2.45, 2.75) is 20.3 Å². The van der Waals surface area contributed by atoms with Crippen molar-refractivity contribution in [2.75, 3.05) is 31.4 Å². The summed E-state index contributed by atoms with van der Waals surface area (Å²) in [6, 6.07) is 8.30. The number of nitrogens with zero attached hydrogens (tertiary/aromatic N) is 3. The lowest BCUT2D eigenvalue weighted by atomic mass is 10.1. The first kappa shape index (κ1) is 14.3. The Labute approximate surface area is 120 Å². The molecular formula is C16H22N4. The Kier molecular flexibility index (Phi) is 4.23. The second kappa shape index (κ2) is 5.90. The van der Waals surface area contributed by atoms with Crippen LogP contribution < -0.4 is 10.2 Å². The van der Waals surface area contributed by atoms with E-state index < -0.39 is 0 Å². The Morgan fingerprint density at radius 3 is 2.25 bits per heavy atom. The highest BCUT2D eigenvalue weighted by Crippen LogP contribution is 2.24. The SMILES string of the molecule is CCc1c(C)nc(-c2ccc(N(C)C)cc2)nc1NC. The van der Waals surface area contributed by atoms with Crippen LogP contribution in [0, 0.1) is 6.92 Å². The molecular weight excluding hydrogens is 248 g/mol. The number of aromatic nitrogens is 2. The van der Waals surface area contributed by atoms with Crippen molar-refractivity contribution in [3.63, 3.8) is 0 Å². The molecule has 1 N–H and O–H groups in total. The van der Waals surface area contributed by atoms with Gasteiger partial charge in [-0.3, -0.25) is 0 Å². The van der Waals surface area contributed by atoms with E-state index in [1.807, 2.05) is 28.1 Å². The third kappa shape index (κ3) is 2.74. The molecule has 0 amide bonds. The lowest BCUT2D eigenvalue weighted by molar-refractivity contribution is 1.00. The molecule has 0 fully saturated rings. The molecule has 106 valence electrons. The van der Waals surface area contributed by atoms with Crippen molar-refractivity contribution in [3.05, 3.63) is 35.5 Å². The predicted molar refractivity (Wildman–Crippen MR) is 85.5 cm³/mol. The fourth-order valence-corrected chi connectivity index (χ4v) is 2.26. The van der Waals surface area contributed by atoms with Gasteiger partial charge in [-0.15, -0.1) is 0 Å². The Morgan fingerprint density at radius 1 is 1.10 bits per heavy atom. The van der Waals surface area contributed by atoms with Gasteiger partial charge in [-0.2, -0.15) is 0 Å². The van der Waals surface area contributed by atoms with Gasteiger partial charge in [-0.25, -0.2) is 9.97 Å². The second-order valence-electron chi connectivity index (χ2n) is 5.00. The molecule has 1 heterocycles. The van der Waals surface area contributed by atoms with Crippen molar-refractivity contribution in [3.8, 4) is 11.4 Å². The van der Waals surface area contributed by atoms with Gasteiger partial charge in [0.1, 0.15) is 5.82 Å². The molecule has 0 unspecified atom stereocenters. The van der Waals surface area contributed by atoms with Gasteiger partial charge in [-0.05, 0) is 37.6 Å². The largest absolute Gasteiger partial charge is 0.378 e. The summed E-state index contributed by atoms with van der Waals surface area (Å²) in [5.74, 6) is 1.70. The van der Waals surface area contributed by atoms with Crippen LogP contribution >= 0.6 is 0 Å². The molecule has 0 aliphatic rings. The van der Waals surface area contributed by atoms with Crippen LogP contribution in [0.2, 0.25) is 0 Å². The van der Waals surface area contributed by atoms with E-state index in [4.69, 9.17) is 0 Å². The summed E-state index contributed by atoms with van der Waals surface area (Å²) >= 11 is 0. The molecule has 2 rings (SSSR count). The van der Waals surface area contributed by atoms with Gasteiger partial charge in [0.15, 0.2) is 5.82 Å². The molecule has 4 nitrogen and oxygen atoms in total. The number of nitrogens with one attached hydrogen (secondary N) is 1. The lowest BCUT2D eigenvalue weighted by Gasteiger charge is -2.14. The van der Waals surface area contributed by atoms with E-state index in [2.05, 4.69) is 51.4 Å². The van der Waals surface area contributed by atoms with Crippen LogP contribution in [-0.4, -0.2) is 31.1 Å². The third-order valence-corrected chi connectivity index (χ3v) is 3.45. The average molecular weight is 270 g/mol. The number of anilines is 2. The summed E-state index contributed by atoms with van der Waals surface area (Å²) in [4.78, 5) is 11.3. The minimum absolute atomic E-state index is 0.773. The van der Waals surface area contributed by atoms with Crippen molar-refractivity contribution >= 4 is 11.5 Å². The summed E-state index contributed by atoms with van der Waals surface area (Å²) in [6.07, 6.45) is 0.932. The Hall–Kier alpha value is -2.10. The average Bonchev–Trinajstić information content (AvgIpc) is 2.46. The molecule has 0 saturated carbocycles. The molecule has 2 aromatic rings. The van der Waals surface area contributed by atoms with Gasteiger partial charge in [0, 0.05) is 43.7 Å². The maximum atomic E-state index is 4.63. The summed E-state index contributed by atoms with van der Waals surface area (Å²) in [6.45, 7) is 4.16. The van der Waals surface area contributed by atoms with E-state index in [-0.39, 0.29) is 0 Å². The summed E-state index contributed by atoms with van der Waals surface area (Å²) in [7, 11) is 5.97. The van der Waals surface area contributed by atoms with Crippen molar-refractivity contribution < 1.29 is 0 Å². The quantitative estimate of drug-likeness (QED) is 0.926. The number of hydrogen-bond acceptors (Lipinski definition) is 4. The number of benzene rings is 1. The molecule has 0 bridgehead atoms. The number of rotatable bonds is 4. The number of aryl methyl sites for hydroxylation is 1. The van der Waals surface area contributed by atoms with Gasteiger partial charge in [0.05, 0.1) is 0 Å². The minimum atomic E-state index is 0.773. The maximum Gasteiger partial charge on any atom is 0.161 e. The highest BCUT2D eigenvalue weighted by Gasteiger charge is 2.10. The molecule has 1 aromatic heterocycles. The zero-order valence-corrected chi connectivity index (χ0v) is 12.9. The standard InChI is InChI=1S/C16H22N4/c1-6-14-11(2)18-15(19-16(14)17-3)12-7-9-13(10-8-12)20(4)5/h7-10H,6H2,1-5H3,(H,17,18,19). The second-order valence-corrected chi connectivity index (χ2v) is 5.00. The normalized spacial score (nSPS) is 10.4. The van der Waals surface area contributed by atoms with Crippen LogP contribution in [0.1, 0.15) is 18.2 Å². The van der Waals surface area contributed by atoms with Gasteiger partial charge in [0.25, 0.3) is 0 Å². The van der Waals surface area contributed by atoms with Gasteiger partial charge in [0.2, 0.25) is 0 Å². The zero-order chi connectivity index (χ0) is 14.7. The van der Waals surface area contributed by atoms with E-state index in [0.717, 1.165) is 29.3 Å². The first-order valence-electron chi connectivity index (χ1n) is 6.89. The van der Waals surface area contributed by atoms with Crippen LogP contribution in [-0.2, 0) is 6.42 Å². The molecule has 0 saturated heterocycles. The summed E-state index contributed by atoms with van der Waals surface area (Å²) in [5.41, 5.74) is 4.43. The molecule has 4 heteroatoms. The van der Waals surface area contributed by atoms with Crippen LogP contribution in [0.15, 0.2) is 24.3 Å². The van der Waals surface area contributed by atoms with E-state index >= 15 is 0 Å². The first-order chi connectivity index (χ1) is 9.56. The summed E-state index contributed by atoms with van der Waals surface area (Å²) in [5, 5.41) is 3.17. The van der Waals surface area contributed by atoms with Crippen molar-refractivity contribution in [1.82, 2.24) is 9.97 Å². The van der Waals surface area contributed by atoms with Crippen LogP contribution in [0.4, 0.5) is 11.5 Å². The minimum Gasteiger partial charge on any atom is -0.378 e. The highest BCUT2D eigenvalue weighted by atomic mass is 15.1. The first-order valence-corrected chi connectivity index (χ1v) is 6.89. The molecule has 0 aliphatic heterocycles. The third-order valence-electron chi connectivity index (χ3n) is 3.45. The van der Waals surface area contributed by atoms with Crippen molar-refractivity contribution in [1.29, 1.82) is 0 Å². The predicted octanol–water partition coefficient (Wildman–Crippen LogP) is 3.12. The summed E-state index contributed by atoms with van der Waals surface area (Å²) < 4.78 is 0. The fourth-order valence-electron chi connectivity index (χ4n) is 2.26. The Balaban J connectivity index is 2.44. The number of hydrogen-bond donors (Lipinski definition) is 1. The topological polar surface area (TPSA) is 41.1 Å². The highest BCUT2D eigenvalue weighted by molar-refractivity contribution is 5.63. The molecule has 0 spiro atoms. The van der Waals surface area contributed by atoms with E-state index in [0.29, 0.717) is 0 Å². The Morgan fingerprint density at radius 2 is 1.75 bits per heavy atom. The molecule has 20 heavy (non-hydrogen) atoms. The zero-order valence-electron chi connectivity index (χ0n) is 12.9. The molecule has 0 aliphatic carbocycles. The monoisotopic (exact) mass is 270 g/mol. The van der Waals surface area contributed by atoms with Gasteiger partial charge in [-0.1, -0.05) is 6.92 Å². The lowest BCUT2D eigenvalue weighted by Crippen LogP contribution is -2.08. The molecule has 0 atom stereocenters. The maximum absolute atomic E-state index is 4.63. The van der Waals surface area contributed by atoms with E-state index in [9.17, 15) is 0 Å². The smallest absolute Gasteiger partial charge is 0.161 e.